The Hall–Kier alpha value is -2.55. The fourth-order valence-corrected chi connectivity index (χ4v) is 5.78. The minimum absolute atomic E-state index is 0.164. The van der Waals surface area contributed by atoms with E-state index in [2.05, 4.69) is 10.3 Å². The lowest BCUT2D eigenvalue weighted by Gasteiger charge is -2.25. The van der Waals surface area contributed by atoms with Crippen LogP contribution in [0.3, 0.4) is 0 Å². The summed E-state index contributed by atoms with van der Waals surface area (Å²) in [5.41, 5.74) is 2.30. The SMILES string of the molecule is O=C(Cc1csc(-c2ccccc2)n1)Nc1ccc(S(=O)(=O)N2CCCCC2)cc1. The van der Waals surface area contributed by atoms with Crippen LogP contribution in [-0.4, -0.2) is 36.7 Å². The van der Waals surface area contributed by atoms with Crippen molar-refractivity contribution in [1.82, 2.24) is 9.29 Å². The zero-order chi connectivity index (χ0) is 21.0. The van der Waals surface area contributed by atoms with Crippen molar-refractivity contribution in [2.75, 3.05) is 18.4 Å². The van der Waals surface area contributed by atoms with Crippen LogP contribution in [0.25, 0.3) is 10.6 Å². The summed E-state index contributed by atoms with van der Waals surface area (Å²) in [7, 11) is -3.47. The third-order valence-electron chi connectivity index (χ3n) is 5.01. The third-order valence-corrected chi connectivity index (χ3v) is 7.86. The lowest BCUT2D eigenvalue weighted by molar-refractivity contribution is -0.115. The summed E-state index contributed by atoms with van der Waals surface area (Å²) < 4.78 is 27.0. The molecule has 3 aromatic rings. The topological polar surface area (TPSA) is 79.4 Å². The summed E-state index contributed by atoms with van der Waals surface area (Å²) in [4.78, 5) is 17.2. The molecule has 6 nitrogen and oxygen atoms in total. The predicted octanol–water partition coefficient (Wildman–Crippen LogP) is 4.17. The highest BCUT2D eigenvalue weighted by Gasteiger charge is 2.25. The summed E-state index contributed by atoms with van der Waals surface area (Å²) in [5, 5.41) is 5.58. The lowest BCUT2D eigenvalue weighted by Crippen LogP contribution is -2.35. The highest BCUT2D eigenvalue weighted by atomic mass is 32.2. The molecular weight excluding hydrogens is 418 g/mol. The van der Waals surface area contributed by atoms with Gasteiger partial charge in [0.25, 0.3) is 0 Å². The second-order valence-corrected chi connectivity index (χ2v) is 10.0. The van der Waals surface area contributed by atoms with Gasteiger partial charge in [0.05, 0.1) is 17.0 Å². The van der Waals surface area contributed by atoms with Crippen LogP contribution in [0.2, 0.25) is 0 Å². The number of nitrogens with one attached hydrogen (secondary N) is 1. The van der Waals surface area contributed by atoms with Gasteiger partial charge in [-0.05, 0) is 37.1 Å². The smallest absolute Gasteiger partial charge is 0.243 e. The molecule has 1 aliphatic rings. The van der Waals surface area contributed by atoms with Crippen LogP contribution in [-0.2, 0) is 21.2 Å². The van der Waals surface area contributed by atoms with E-state index >= 15 is 0 Å². The number of carbonyl (C=O) groups is 1. The summed E-state index contributed by atoms with van der Waals surface area (Å²) in [5.74, 6) is -0.188. The first-order valence-electron chi connectivity index (χ1n) is 9.92. The number of anilines is 1. The minimum atomic E-state index is -3.47. The maximum Gasteiger partial charge on any atom is 0.243 e. The van der Waals surface area contributed by atoms with E-state index in [0.717, 1.165) is 29.8 Å². The van der Waals surface area contributed by atoms with E-state index in [1.165, 1.54) is 15.6 Å². The molecule has 1 fully saturated rings. The van der Waals surface area contributed by atoms with E-state index in [1.807, 2.05) is 35.7 Å². The number of sulfonamides is 1. The lowest BCUT2D eigenvalue weighted by atomic mass is 10.2. The molecule has 0 unspecified atom stereocenters. The Morgan fingerprint density at radius 2 is 1.70 bits per heavy atom. The van der Waals surface area contributed by atoms with Gasteiger partial charge < -0.3 is 5.32 Å². The molecule has 0 bridgehead atoms. The molecule has 1 N–H and O–H groups in total. The van der Waals surface area contributed by atoms with Crippen molar-refractivity contribution in [3.05, 3.63) is 65.7 Å². The molecule has 4 rings (SSSR count). The fourth-order valence-electron chi connectivity index (χ4n) is 3.44. The van der Waals surface area contributed by atoms with Gasteiger partial charge in [-0.2, -0.15) is 4.31 Å². The summed E-state index contributed by atoms with van der Waals surface area (Å²) >= 11 is 1.51. The van der Waals surface area contributed by atoms with Crippen LogP contribution in [0.1, 0.15) is 25.0 Å². The van der Waals surface area contributed by atoms with Crippen molar-refractivity contribution in [3.63, 3.8) is 0 Å². The molecule has 2 heterocycles. The fraction of sp³-hybridized carbons (Fsp3) is 0.273. The highest BCUT2D eigenvalue weighted by molar-refractivity contribution is 7.89. The first kappa shape index (κ1) is 20.7. The van der Waals surface area contributed by atoms with Gasteiger partial charge in [0.2, 0.25) is 15.9 Å². The van der Waals surface area contributed by atoms with Gasteiger partial charge >= 0.3 is 0 Å². The number of rotatable bonds is 6. The Labute approximate surface area is 180 Å². The van der Waals surface area contributed by atoms with Crippen molar-refractivity contribution in [2.45, 2.75) is 30.6 Å². The molecule has 0 spiro atoms. The average Bonchev–Trinajstić information content (AvgIpc) is 3.24. The Balaban J connectivity index is 1.38. The Morgan fingerprint density at radius 3 is 2.40 bits per heavy atom. The number of amides is 1. The maximum absolute atomic E-state index is 12.7. The molecule has 8 heteroatoms. The van der Waals surface area contributed by atoms with Crippen LogP contribution in [0.15, 0.2) is 64.9 Å². The van der Waals surface area contributed by atoms with Crippen molar-refractivity contribution in [3.8, 4) is 10.6 Å². The van der Waals surface area contributed by atoms with Crippen LogP contribution in [0.5, 0.6) is 0 Å². The summed E-state index contributed by atoms with van der Waals surface area (Å²) in [6.07, 6.45) is 3.03. The van der Waals surface area contributed by atoms with E-state index in [1.54, 1.807) is 24.3 Å². The summed E-state index contributed by atoms with van der Waals surface area (Å²) in [6, 6.07) is 16.2. The minimum Gasteiger partial charge on any atom is -0.326 e. The molecule has 0 radical (unpaired) electrons. The van der Waals surface area contributed by atoms with Gasteiger partial charge in [-0.3, -0.25) is 4.79 Å². The van der Waals surface area contributed by atoms with Crippen LogP contribution < -0.4 is 5.32 Å². The first-order valence-corrected chi connectivity index (χ1v) is 12.2. The number of carbonyl (C=O) groups excluding carboxylic acids is 1. The largest absolute Gasteiger partial charge is 0.326 e. The zero-order valence-electron chi connectivity index (χ0n) is 16.5. The predicted molar refractivity (Wildman–Crippen MR) is 119 cm³/mol. The van der Waals surface area contributed by atoms with Crippen molar-refractivity contribution in [2.24, 2.45) is 0 Å². The molecule has 1 amide bonds. The molecule has 0 atom stereocenters. The van der Waals surface area contributed by atoms with Crippen molar-refractivity contribution in [1.29, 1.82) is 0 Å². The van der Waals surface area contributed by atoms with Gasteiger partial charge in [-0.1, -0.05) is 36.8 Å². The van der Waals surface area contributed by atoms with E-state index < -0.39 is 10.0 Å². The van der Waals surface area contributed by atoms with E-state index in [4.69, 9.17) is 0 Å². The van der Waals surface area contributed by atoms with Gasteiger partial charge in [0.15, 0.2) is 0 Å². The van der Waals surface area contributed by atoms with Gasteiger partial charge in [-0.25, -0.2) is 13.4 Å². The van der Waals surface area contributed by atoms with E-state index in [0.29, 0.717) is 24.5 Å². The normalized spacial score (nSPS) is 15.1. The summed E-state index contributed by atoms with van der Waals surface area (Å²) in [6.45, 7) is 1.14. The van der Waals surface area contributed by atoms with Crippen LogP contribution in [0.4, 0.5) is 5.69 Å². The second kappa shape index (κ2) is 9.07. The number of nitrogens with zero attached hydrogens (tertiary/aromatic N) is 2. The molecule has 30 heavy (non-hydrogen) atoms. The van der Waals surface area contributed by atoms with Crippen molar-refractivity contribution >= 4 is 33.0 Å². The van der Waals surface area contributed by atoms with Crippen molar-refractivity contribution < 1.29 is 13.2 Å². The zero-order valence-corrected chi connectivity index (χ0v) is 18.1. The molecule has 2 aromatic carbocycles. The van der Waals surface area contributed by atoms with E-state index in [9.17, 15) is 13.2 Å². The molecule has 156 valence electrons. The standard InChI is InChI=1S/C22H23N3O3S2/c26-21(15-19-16-29-22(24-19)17-7-3-1-4-8-17)23-18-9-11-20(12-10-18)30(27,28)25-13-5-2-6-14-25/h1,3-4,7-12,16H,2,5-6,13-15H2,(H,23,26). The first-order chi connectivity index (χ1) is 14.5. The highest BCUT2D eigenvalue weighted by Crippen LogP contribution is 2.24. The third kappa shape index (κ3) is 4.77. The quantitative estimate of drug-likeness (QED) is 0.623. The average molecular weight is 442 g/mol. The van der Waals surface area contributed by atoms with Crippen LogP contribution >= 0.6 is 11.3 Å². The number of hydrogen-bond acceptors (Lipinski definition) is 5. The Bertz CT molecular complexity index is 1100. The molecule has 0 saturated carbocycles. The monoisotopic (exact) mass is 441 g/mol. The number of hydrogen-bond donors (Lipinski definition) is 1. The Morgan fingerprint density at radius 1 is 1.00 bits per heavy atom. The van der Waals surface area contributed by atoms with E-state index in [-0.39, 0.29) is 17.2 Å². The van der Waals surface area contributed by atoms with Crippen LogP contribution in [0, 0.1) is 0 Å². The number of aromatic nitrogens is 1. The van der Waals surface area contributed by atoms with Gasteiger partial charge in [0.1, 0.15) is 5.01 Å². The molecule has 1 aliphatic heterocycles. The van der Waals surface area contributed by atoms with Gasteiger partial charge in [0, 0.05) is 29.7 Å². The molecular formula is C22H23N3O3S2. The molecule has 1 aromatic heterocycles. The second-order valence-electron chi connectivity index (χ2n) is 7.22. The van der Waals surface area contributed by atoms with Gasteiger partial charge in [-0.15, -0.1) is 11.3 Å². The number of thiazole rings is 1. The number of benzene rings is 2. The molecule has 0 aliphatic carbocycles. The maximum atomic E-state index is 12.7. The number of piperidine rings is 1. The molecule has 1 saturated heterocycles. The Kier molecular flexibility index (Phi) is 6.26.